The van der Waals surface area contributed by atoms with Crippen LogP contribution in [0.3, 0.4) is 0 Å². The molecule has 1 aliphatic heterocycles. The van der Waals surface area contributed by atoms with E-state index in [1.807, 2.05) is 35.7 Å². The van der Waals surface area contributed by atoms with Crippen molar-refractivity contribution >= 4 is 17.2 Å². The van der Waals surface area contributed by atoms with Crippen LogP contribution in [0, 0.1) is 11.8 Å². The summed E-state index contributed by atoms with van der Waals surface area (Å²) in [7, 11) is 0. The van der Waals surface area contributed by atoms with Crippen molar-refractivity contribution in [1.82, 2.24) is 15.6 Å². The zero-order chi connectivity index (χ0) is 17.2. The second-order valence-electron chi connectivity index (χ2n) is 7.08. The molecule has 5 nitrogen and oxygen atoms in total. The molecule has 1 amide bonds. The van der Waals surface area contributed by atoms with E-state index in [1.165, 1.54) is 0 Å². The van der Waals surface area contributed by atoms with Gasteiger partial charge in [-0.3, -0.25) is 4.79 Å². The number of aliphatic hydroxyl groups excluding tert-OH is 1. The normalized spacial score (nSPS) is 28.5. The van der Waals surface area contributed by atoms with Crippen LogP contribution in [0.25, 0.3) is 10.6 Å². The maximum Gasteiger partial charge on any atom is 0.226 e. The number of nitrogens with zero attached hydrogens (tertiary/aromatic N) is 1. The number of carbonyl (C=O) groups excluding carboxylic acids is 1. The average molecular weight is 357 g/mol. The number of nitrogens with one attached hydrogen (secondary N) is 2. The third-order valence-electron chi connectivity index (χ3n) is 5.31. The van der Waals surface area contributed by atoms with E-state index in [0.29, 0.717) is 11.8 Å². The minimum Gasteiger partial charge on any atom is -0.391 e. The van der Waals surface area contributed by atoms with Gasteiger partial charge >= 0.3 is 0 Å². The van der Waals surface area contributed by atoms with E-state index in [1.54, 1.807) is 11.3 Å². The van der Waals surface area contributed by atoms with Crippen LogP contribution in [0.15, 0.2) is 35.7 Å². The van der Waals surface area contributed by atoms with Gasteiger partial charge in [0.05, 0.1) is 24.3 Å². The molecule has 6 heteroatoms. The average Bonchev–Trinajstić information content (AvgIpc) is 3.25. The summed E-state index contributed by atoms with van der Waals surface area (Å²) < 4.78 is 0. The van der Waals surface area contributed by atoms with Crippen molar-refractivity contribution in [2.24, 2.45) is 11.8 Å². The SMILES string of the molecule is O=C(Cc1csc(-c2ccccc2)n1)N[C@H]1C[C@H]2CNC[C@H]2C[C@@H]1O. The van der Waals surface area contributed by atoms with Crippen LogP contribution in [0.4, 0.5) is 0 Å². The van der Waals surface area contributed by atoms with E-state index < -0.39 is 6.10 Å². The number of rotatable bonds is 4. The molecule has 4 atom stereocenters. The van der Waals surface area contributed by atoms with Gasteiger partial charge in [-0.05, 0) is 37.8 Å². The minimum absolute atomic E-state index is 0.0571. The summed E-state index contributed by atoms with van der Waals surface area (Å²) in [5.41, 5.74) is 1.86. The fourth-order valence-corrected chi connectivity index (χ4v) is 4.80. The Kier molecular flexibility index (Phi) is 4.83. The van der Waals surface area contributed by atoms with Crippen LogP contribution in [0.2, 0.25) is 0 Å². The topological polar surface area (TPSA) is 74.2 Å². The molecule has 0 radical (unpaired) electrons. The van der Waals surface area contributed by atoms with E-state index in [2.05, 4.69) is 15.6 Å². The van der Waals surface area contributed by atoms with Gasteiger partial charge in [-0.1, -0.05) is 30.3 Å². The number of amides is 1. The molecule has 1 aromatic heterocycles. The summed E-state index contributed by atoms with van der Waals surface area (Å²) in [5.74, 6) is 1.06. The van der Waals surface area contributed by atoms with Gasteiger partial charge in [-0.2, -0.15) is 0 Å². The molecule has 1 saturated carbocycles. The summed E-state index contributed by atoms with van der Waals surface area (Å²) >= 11 is 1.56. The van der Waals surface area contributed by atoms with Gasteiger partial charge in [-0.15, -0.1) is 11.3 Å². The first kappa shape index (κ1) is 16.7. The quantitative estimate of drug-likeness (QED) is 0.780. The molecule has 2 fully saturated rings. The van der Waals surface area contributed by atoms with E-state index in [4.69, 9.17) is 0 Å². The Balaban J connectivity index is 1.35. The van der Waals surface area contributed by atoms with Crippen LogP contribution >= 0.6 is 11.3 Å². The standard InChI is InChI=1S/C19H23N3O2S/c23-17-7-14-10-20-9-13(14)6-16(17)22-18(24)8-15-11-25-19(21-15)12-4-2-1-3-5-12/h1-5,11,13-14,16-17,20,23H,6-10H2,(H,22,24)/t13-,14+,16-,17-/m0/s1. The Bertz CT molecular complexity index is 733. The molecule has 1 saturated heterocycles. The largest absolute Gasteiger partial charge is 0.391 e. The first-order valence-electron chi connectivity index (χ1n) is 8.87. The van der Waals surface area contributed by atoms with Gasteiger partial charge in [0.25, 0.3) is 0 Å². The lowest BCUT2D eigenvalue weighted by molar-refractivity contribution is -0.122. The van der Waals surface area contributed by atoms with Gasteiger partial charge in [0, 0.05) is 10.9 Å². The highest BCUT2D eigenvalue weighted by Gasteiger charge is 2.39. The molecule has 132 valence electrons. The highest BCUT2D eigenvalue weighted by atomic mass is 32.1. The molecule has 2 heterocycles. The van der Waals surface area contributed by atoms with Crippen molar-refractivity contribution < 1.29 is 9.90 Å². The Morgan fingerprint density at radius 3 is 2.80 bits per heavy atom. The fraction of sp³-hybridized carbons (Fsp3) is 0.474. The molecule has 3 N–H and O–H groups in total. The van der Waals surface area contributed by atoms with E-state index in [-0.39, 0.29) is 18.4 Å². The zero-order valence-electron chi connectivity index (χ0n) is 14.0. The van der Waals surface area contributed by atoms with Crippen molar-refractivity contribution in [2.45, 2.75) is 31.4 Å². The number of hydrogen-bond acceptors (Lipinski definition) is 5. The Hall–Kier alpha value is -1.76. The zero-order valence-corrected chi connectivity index (χ0v) is 14.8. The van der Waals surface area contributed by atoms with Crippen molar-refractivity contribution in [2.75, 3.05) is 13.1 Å². The lowest BCUT2D eigenvalue weighted by Crippen LogP contribution is -2.49. The molecule has 2 aromatic rings. The molecule has 0 unspecified atom stereocenters. The molecule has 2 aliphatic rings. The fourth-order valence-electron chi connectivity index (χ4n) is 3.98. The van der Waals surface area contributed by atoms with Crippen molar-refractivity contribution in [3.8, 4) is 10.6 Å². The van der Waals surface area contributed by atoms with Crippen molar-refractivity contribution in [1.29, 1.82) is 0 Å². The maximum atomic E-state index is 12.4. The summed E-state index contributed by atoms with van der Waals surface area (Å²) in [4.78, 5) is 17.0. The number of hydrogen-bond donors (Lipinski definition) is 3. The third kappa shape index (κ3) is 3.76. The first-order valence-corrected chi connectivity index (χ1v) is 9.75. The Labute approximate surface area is 151 Å². The predicted molar refractivity (Wildman–Crippen MR) is 98.3 cm³/mol. The summed E-state index contributed by atoms with van der Waals surface area (Å²) in [5, 5.41) is 19.6. The summed E-state index contributed by atoms with van der Waals surface area (Å²) in [6.45, 7) is 1.99. The number of benzene rings is 1. The molecule has 4 rings (SSSR count). The number of fused-ring (bicyclic) bond motifs is 1. The molecule has 0 spiro atoms. The third-order valence-corrected chi connectivity index (χ3v) is 6.25. The van der Waals surface area contributed by atoms with E-state index >= 15 is 0 Å². The van der Waals surface area contributed by atoms with Crippen LogP contribution in [-0.4, -0.2) is 41.2 Å². The number of aromatic nitrogens is 1. The minimum atomic E-state index is -0.444. The second kappa shape index (κ2) is 7.23. The Morgan fingerprint density at radius 1 is 1.24 bits per heavy atom. The predicted octanol–water partition coefficient (Wildman–Crippen LogP) is 1.83. The molecule has 25 heavy (non-hydrogen) atoms. The smallest absolute Gasteiger partial charge is 0.226 e. The van der Waals surface area contributed by atoms with Gasteiger partial charge in [0.2, 0.25) is 5.91 Å². The summed E-state index contributed by atoms with van der Waals surface area (Å²) in [6.07, 6.45) is 1.45. The molecule has 0 bridgehead atoms. The van der Waals surface area contributed by atoms with Gasteiger partial charge in [0.1, 0.15) is 5.01 Å². The summed E-state index contributed by atoms with van der Waals surface area (Å²) in [6, 6.07) is 9.85. The number of thiazole rings is 1. The lowest BCUT2D eigenvalue weighted by Gasteiger charge is -2.35. The molecule has 1 aliphatic carbocycles. The highest BCUT2D eigenvalue weighted by molar-refractivity contribution is 7.13. The van der Waals surface area contributed by atoms with E-state index in [0.717, 1.165) is 42.2 Å². The molecule has 1 aromatic carbocycles. The second-order valence-corrected chi connectivity index (χ2v) is 7.94. The molecular formula is C19H23N3O2S. The number of aliphatic hydroxyl groups is 1. The lowest BCUT2D eigenvalue weighted by atomic mass is 9.77. The highest BCUT2D eigenvalue weighted by Crippen LogP contribution is 2.33. The number of carbonyl (C=O) groups is 1. The van der Waals surface area contributed by atoms with Gasteiger partial charge in [0.15, 0.2) is 0 Å². The van der Waals surface area contributed by atoms with Crippen molar-refractivity contribution in [3.63, 3.8) is 0 Å². The maximum absolute atomic E-state index is 12.4. The van der Waals surface area contributed by atoms with Crippen LogP contribution in [0.5, 0.6) is 0 Å². The first-order chi connectivity index (χ1) is 12.2. The monoisotopic (exact) mass is 357 g/mol. The Morgan fingerprint density at radius 2 is 2.00 bits per heavy atom. The van der Waals surface area contributed by atoms with Crippen LogP contribution < -0.4 is 10.6 Å². The van der Waals surface area contributed by atoms with Crippen LogP contribution in [-0.2, 0) is 11.2 Å². The van der Waals surface area contributed by atoms with Gasteiger partial charge < -0.3 is 15.7 Å². The van der Waals surface area contributed by atoms with Crippen molar-refractivity contribution in [3.05, 3.63) is 41.4 Å². The molecular weight excluding hydrogens is 334 g/mol. The van der Waals surface area contributed by atoms with E-state index in [9.17, 15) is 9.90 Å². The van der Waals surface area contributed by atoms with Crippen LogP contribution in [0.1, 0.15) is 18.5 Å². The van der Waals surface area contributed by atoms with Gasteiger partial charge in [-0.25, -0.2) is 4.98 Å².